The van der Waals surface area contributed by atoms with Crippen molar-refractivity contribution in [2.75, 3.05) is 18.0 Å². The number of likely N-dealkylation sites (tertiary alicyclic amines) is 1. The fourth-order valence-electron chi connectivity index (χ4n) is 5.45. The topological polar surface area (TPSA) is 104 Å². The summed E-state index contributed by atoms with van der Waals surface area (Å²) in [5.41, 5.74) is 0.102. The van der Waals surface area contributed by atoms with Crippen molar-refractivity contribution in [1.82, 2.24) is 4.90 Å². The maximum atomic E-state index is 14.0. The summed E-state index contributed by atoms with van der Waals surface area (Å²) in [5.74, 6) is 5.39. The van der Waals surface area contributed by atoms with Gasteiger partial charge in [0.1, 0.15) is 4.88 Å². The van der Waals surface area contributed by atoms with Crippen molar-refractivity contribution >= 4 is 40.8 Å². The van der Waals surface area contributed by atoms with Crippen LogP contribution in [0, 0.1) is 29.1 Å². The van der Waals surface area contributed by atoms with Crippen LogP contribution in [0.15, 0.2) is 6.07 Å². The number of rotatable bonds is 5. The first-order valence-electron chi connectivity index (χ1n) is 13.6. The van der Waals surface area contributed by atoms with Gasteiger partial charge in [-0.3, -0.25) is 9.59 Å². The Bertz CT molecular complexity index is 1150. The number of carboxylic acids is 1. The van der Waals surface area contributed by atoms with Gasteiger partial charge in [-0.1, -0.05) is 18.8 Å². The van der Waals surface area contributed by atoms with Crippen molar-refractivity contribution in [3.05, 3.63) is 15.8 Å². The molecule has 1 aromatic rings. The van der Waals surface area contributed by atoms with Crippen LogP contribution in [0.5, 0.6) is 0 Å². The lowest BCUT2D eigenvalue weighted by Crippen LogP contribution is -2.47. The van der Waals surface area contributed by atoms with Crippen LogP contribution in [0.1, 0.15) is 93.6 Å². The number of carboxylic acid groups (broad SMARTS) is 1. The standard InChI is InChI=1S/C29H38N2O6S/c1-18-8-10-19(11-9-18)26(33)31(22-16-21(12-14-29(2,3)4)38-25(22)27(34)35)20-13-15-30(17-20)28(36)37-24-7-5-6-23(24)32/h16,18-20,24H,5-11,13,15,17H2,1-4H3,(H,34,35)/t18?,19?,20-,24-/m0/s1. The Morgan fingerprint density at radius 3 is 2.45 bits per heavy atom. The average Bonchev–Trinajstić information content (AvgIpc) is 3.59. The van der Waals surface area contributed by atoms with Gasteiger partial charge in [0.25, 0.3) is 0 Å². The molecule has 1 saturated heterocycles. The van der Waals surface area contributed by atoms with Gasteiger partial charge in [0.15, 0.2) is 11.9 Å². The van der Waals surface area contributed by atoms with Gasteiger partial charge in [-0.2, -0.15) is 0 Å². The number of nitrogens with zero attached hydrogens (tertiary/aromatic N) is 2. The minimum Gasteiger partial charge on any atom is -0.477 e. The Morgan fingerprint density at radius 1 is 1.13 bits per heavy atom. The van der Waals surface area contributed by atoms with Crippen molar-refractivity contribution < 1.29 is 29.0 Å². The van der Waals surface area contributed by atoms with Gasteiger partial charge >= 0.3 is 12.1 Å². The van der Waals surface area contributed by atoms with Gasteiger partial charge < -0.3 is 19.6 Å². The molecule has 9 heteroatoms. The summed E-state index contributed by atoms with van der Waals surface area (Å²) in [6, 6.07) is 1.33. The molecule has 4 rings (SSSR count). The number of thiophene rings is 1. The second kappa shape index (κ2) is 11.5. The molecule has 1 aromatic heterocycles. The quantitative estimate of drug-likeness (QED) is 0.504. The molecule has 0 spiro atoms. The molecule has 38 heavy (non-hydrogen) atoms. The van der Waals surface area contributed by atoms with Gasteiger partial charge in [0.2, 0.25) is 5.91 Å². The largest absolute Gasteiger partial charge is 0.477 e. The zero-order chi connectivity index (χ0) is 27.6. The third-order valence-corrected chi connectivity index (χ3v) is 8.64. The molecule has 2 aliphatic carbocycles. The Labute approximate surface area is 228 Å². The van der Waals surface area contributed by atoms with E-state index in [2.05, 4.69) is 18.8 Å². The highest BCUT2D eigenvalue weighted by Crippen LogP contribution is 2.38. The molecule has 0 unspecified atom stereocenters. The highest BCUT2D eigenvalue weighted by molar-refractivity contribution is 7.15. The number of ether oxygens (including phenoxy) is 1. The zero-order valence-corrected chi connectivity index (χ0v) is 23.6. The number of hydrogen-bond acceptors (Lipinski definition) is 6. The van der Waals surface area contributed by atoms with Crippen LogP contribution in [-0.4, -0.2) is 59.0 Å². The van der Waals surface area contributed by atoms with Gasteiger partial charge in [0.05, 0.1) is 16.6 Å². The third-order valence-electron chi connectivity index (χ3n) is 7.61. The number of Topliss-reactive ketones (excluding diaryl/α,β-unsaturated/α-hetero) is 1. The number of carbonyl (C=O) groups is 4. The molecule has 2 amide bonds. The molecule has 1 N–H and O–H groups in total. The molecular formula is C29H38N2O6S. The summed E-state index contributed by atoms with van der Waals surface area (Å²) in [4.78, 5) is 55.0. The Kier molecular flexibility index (Phi) is 8.51. The fraction of sp³-hybridized carbons (Fsp3) is 0.655. The maximum absolute atomic E-state index is 14.0. The van der Waals surface area contributed by atoms with Crippen LogP contribution in [0.4, 0.5) is 10.5 Å². The molecule has 8 nitrogen and oxygen atoms in total. The molecule has 0 bridgehead atoms. The van der Waals surface area contributed by atoms with Crippen molar-refractivity contribution in [1.29, 1.82) is 0 Å². The first-order valence-corrected chi connectivity index (χ1v) is 14.5. The molecule has 2 saturated carbocycles. The molecule has 3 aliphatic rings. The minimum absolute atomic E-state index is 0.0503. The number of hydrogen-bond donors (Lipinski definition) is 1. The van der Waals surface area contributed by atoms with Crippen LogP contribution in [-0.2, 0) is 14.3 Å². The number of carbonyl (C=O) groups excluding carboxylic acids is 3. The molecule has 2 heterocycles. The predicted molar refractivity (Wildman–Crippen MR) is 145 cm³/mol. The molecular weight excluding hydrogens is 504 g/mol. The Morgan fingerprint density at radius 2 is 1.84 bits per heavy atom. The number of amides is 2. The summed E-state index contributed by atoms with van der Waals surface area (Å²) in [6.45, 7) is 8.74. The Hall–Kier alpha value is -2.86. The summed E-state index contributed by atoms with van der Waals surface area (Å²) in [6.07, 6.45) is 4.40. The van der Waals surface area contributed by atoms with Crippen LogP contribution < -0.4 is 4.90 Å². The van der Waals surface area contributed by atoms with Gasteiger partial charge in [-0.05, 0) is 77.7 Å². The lowest BCUT2D eigenvalue weighted by molar-refractivity contribution is -0.125. The monoisotopic (exact) mass is 542 g/mol. The van der Waals surface area contributed by atoms with Crippen LogP contribution in [0.2, 0.25) is 0 Å². The first-order chi connectivity index (χ1) is 17.9. The van der Waals surface area contributed by atoms with E-state index in [0.29, 0.717) is 42.3 Å². The van der Waals surface area contributed by atoms with E-state index in [9.17, 15) is 24.3 Å². The van der Waals surface area contributed by atoms with Gasteiger partial charge in [-0.25, -0.2) is 9.59 Å². The van der Waals surface area contributed by atoms with Crippen molar-refractivity contribution in [2.45, 2.75) is 91.2 Å². The lowest BCUT2D eigenvalue weighted by Gasteiger charge is -2.34. The summed E-state index contributed by atoms with van der Waals surface area (Å²) in [7, 11) is 0. The fourth-order valence-corrected chi connectivity index (χ4v) is 6.29. The third kappa shape index (κ3) is 6.58. The normalized spacial score (nSPS) is 25.6. The lowest BCUT2D eigenvalue weighted by atomic mass is 9.82. The second-order valence-electron chi connectivity index (χ2n) is 11.9. The van der Waals surface area contributed by atoms with E-state index >= 15 is 0 Å². The summed E-state index contributed by atoms with van der Waals surface area (Å²) >= 11 is 1.08. The number of anilines is 1. The van der Waals surface area contributed by atoms with Crippen molar-refractivity contribution in [2.24, 2.45) is 17.3 Å². The van der Waals surface area contributed by atoms with Gasteiger partial charge in [0, 0.05) is 30.8 Å². The van der Waals surface area contributed by atoms with Gasteiger partial charge in [-0.15, -0.1) is 11.3 Å². The number of aromatic carboxylic acids is 1. The SMILES string of the molecule is CC1CCC(C(=O)N(c2cc(C#CC(C)(C)C)sc2C(=O)O)[C@H]2CCN(C(=O)O[C@H]3CCCC3=O)C2)CC1. The molecule has 206 valence electrons. The van der Waals surface area contributed by atoms with Crippen LogP contribution in [0.3, 0.4) is 0 Å². The van der Waals surface area contributed by atoms with E-state index in [1.54, 1.807) is 11.0 Å². The number of ketones is 1. The zero-order valence-electron chi connectivity index (χ0n) is 22.7. The van der Waals surface area contributed by atoms with Crippen molar-refractivity contribution in [3.8, 4) is 11.8 Å². The van der Waals surface area contributed by atoms with Crippen molar-refractivity contribution in [3.63, 3.8) is 0 Å². The second-order valence-corrected chi connectivity index (χ2v) is 13.0. The first kappa shape index (κ1) is 28.2. The van der Waals surface area contributed by atoms with E-state index in [-0.39, 0.29) is 40.5 Å². The van der Waals surface area contributed by atoms with E-state index in [0.717, 1.165) is 43.4 Å². The molecule has 3 fully saturated rings. The molecule has 2 atom stereocenters. The Balaban J connectivity index is 1.62. The highest BCUT2D eigenvalue weighted by atomic mass is 32.1. The van der Waals surface area contributed by atoms with E-state index in [1.807, 2.05) is 20.8 Å². The summed E-state index contributed by atoms with van der Waals surface area (Å²) < 4.78 is 5.48. The van der Waals surface area contributed by atoms with Crippen LogP contribution in [0.25, 0.3) is 0 Å². The molecule has 0 radical (unpaired) electrons. The predicted octanol–water partition coefficient (Wildman–Crippen LogP) is 5.34. The van der Waals surface area contributed by atoms with E-state index in [4.69, 9.17) is 4.74 Å². The van der Waals surface area contributed by atoms with Crippen LogP contribution >= 0.6 is 11.3 Å². The minimum atomic E-state index is -1.10. The summed E-state index contributed by atoms with van der Waals surface area (Å²) in [5, 5.41) is 10.1. The maximum Gasteiger partial charge on any atom is 0.410 e. The molecule has 1 aliphatic heterocycles. The average molecular weight is 543 g/mol. The smallest absolute Gasteiger partial charge is 0.410 e. The van der Waals surface area contributed by atoms with E-state index < -0.39 is 18.2 Å². The highest BCUT2D eigenvalue weighted by Gasteiger charge is 2.41. The molecule has 0 aromatic carbocycles. The van der Waals surface area contributed by atoms with E-state index in [1.165, 1.54) is 4.90 Å².